The largest absolute Gasteiger partial charge is 0.394 e. The molecule has 11 heteroatoms. The van der Waals surface area contributed by atoms with Crippen LogP contribution in [0.1, 0.15) is 26.9 Å². The van der Waals surface area contributed by atoms with E-state index in [2.05, 4.69) is 10.3 Å². The van der Waals surface area contributed by atoms with Gasteiger partial charge in [0.1, 0.15) is 24.4 Å². The fourth-order valence-corrected chi connectivity index (χ4v) is 6.37. The number of aromatic nitrogens is 2. The van der Waals surface area contributed by atoms with Crippen LogP contribution in [0.15, 0.2) is 42.5 Å². The van der Waals surface area contributed by atoms with Crippen LogP contribution < -0.4 is 5.32 Å². The summed E-state index contributed by atoms with van der Waals surface area (Å²) < 4.78 is 13.2. The van der Waals surface area contributed by atoms with Gasteiger partial charge in [-0.15, -0.1) is 0 Å². The van der Waals surface area contributed by atoms with Crippen LogP contribution in [0.25, 0.3) is 43.6 Å². The number of fused-ring (bicyclic) bond motifs is 10. The third-order valence-electron chi connectivity index (χ3n) is 7.73. The first-order chi connectivity index (χ1) is 18.4. The fraction of sp³-hybridized carbons (Fsp3) is 0.259. The van der Waals surface area contributed by atoms with Crippen LogP contribution in [-0.2, 0) is 9.47 Å². The minimum atomic E-state index is -1.45. The Balaban J connectivity index is 1.69. The van der Waals surface area contributed by atoms with Crippen molar-refractivity contribution in [2.24, 2.45) is 0 Å². The predicted molar refractivity (Wildman–Crippen MR) is 139 cm³/mol. The van der Waals surface area contributed by atoms with Crippen molar-refractivity contribution in [3.8, 4) is 0 Å². The topological polar surface area (TPSA) is 146 Å². The molecule has 3 aromatic carbocycles. The molecule has 0 saturated carbocycles. The highest BCUT2D eigenvalue weighted by atomic mass is 35.5. The summed E-state index contributed by atoms with van der Waals surface area (Å²) in [5.74, 6) is -1.05. The van der Waals surface area contributed by atoms with Crippen LogP contribution in [-0.4, -0.2) is 74.8 Å². The quantitative estimate of drug-likeness (QED) is 0.223. The van der Waals surface area contributed by atoms with Gasteiger partial charge in [-0.05, 0) is 12.1 Å². The Labute approximate surface area is 219 Å². The van der Waals surface area contributed by atoms with Crippen LogP contribution in [0, 0.1) is 0 Å². The van der Waals surface area contributed by atoms with Gasteiger partial charge < -0.3 is 34.3 Å². The highest BCUT2D eigenvalue weighted by Crippen LogP contribution is 2.46. The standard InChI is InChI=1S/C27H22ClN3O7/c1-37-24-14(9-32)38-27(23(34)22(24)33)31-13-8-3-2-5-10(13)16-18-17(25(35)30-26(18)36)15-11-6-4-7-12(28)19(11)29-20(15)21(16)31/h2-8,14,22-24,27,29,32-34H,9H2,1H3,(H,30,35,36). The smallest absolute Gasteiger partial charge is 0.259 e. The maximum Gasteiger partial charge on any atom is 0.259 e. The molecule has 2 aliphatic heterocycles. The van der Waals surface area contributed by atoms with E-state index in [1.165, 1.54) is 7.11 Å². The van der Waals surface area contributed by atoms with Crippen LogP contribution in [0.3, 0.4) is 0 Å². The molecule has 2 aliphatic rings. The number of para-hydroxylation sites is 2. The molecule has 1 saturated heterocycles. The Morgan fingerprint density at radius 2 is 1.68 bits per heavy atom. The second-order valence-corrected chi connectivity index (χ2v) is 10.0. The molecule has 0 bridgehead atoms. The summed E-state index contributed by atoms with van der Waals surface area (Å²) in [6.45, 7) is -0.459. The number of carbonyl (C=O) groups is 2. The minimum Gasteiger partial charge on any atom is -0.394 e. The lowest BCUT2D eigenvalue weighted by atomic mass is 9.96. The summed E-state index contributed by atoms with van der Waals surface area (Å²) in [7, 11) is 1.37. The Hall–Kier alpha value is -3.51. The first kappa shape index (κ1) is 23.6. The van der Waals surface area contributed by atoms with E-state index in [0.29, 0.717) is 48.6 Å². The van der Waals surface area contributed by atoms with Gasteiger partial charge in [-0.2, -0.15) is 0 Å². The molecule has 5 N–H and O–H groups in total. The molecule has 5 atom stereocenters. The number of hydrogen-bond donors (Lipinski definition) is 5. The summed E-state index contributed by atoms with van der Waals surface area (Å²) in [6, 6.07) is 12.5. The average molecular weight is 536 g/mol. The lowest BCUT2D eigenvalue weighted by molar-refractivity contribution is -0.255. The number of nitrogens with zero attached hydrogens (tertiary/aromatic N) is 1. The summed E-state index contributed by atoms with van der Waals surface area (Å²) in [5, 5.41) is 37.4. The number of hydrogen-bond acceptors (Lipinski definition) is 7. The van der Waals surface area contributed by atoms with E-state index in [1.807, 2.05) is 18.2 Å². The minimum absolute atomic E-state index is 0.215. The molecule has 10 nitrogen and oxygen atoms in total. The van der Waals surface area contributed by atoms with Gasteiger partial charge in [0.2, 0.25) is 0 Å². The fourth-order valence-electron chi connectivity index (χ4n) is 6.15. The number of rotatable bonds is 3. The average Bonchev–Trinajstić information content (AvgIpc) is 3.55. The lowest BCUT2D eigenvalue weighted by Crippen LogP contribution is -2.57. The van der Waals surface area contributed by atoms with Crippen molar-refractivity contribution < 1.29 is 34.4 Å². The van der Waals surface area contributed by atoms with E-state index in [1.54, 1.807) is 28.8 Å². The zero-order valence-electron chi connectivity index (χ0n) is 19.9. The Kier molecular flexibility index (Phi) is 5.12. The first-order valence-corrected chi connectivity index (χ1v) is 12.4. The van der Waals surface area contributed by atoms with Crippen molar-refractivity contribution in [1.82, 2.24) is 14.9 Å². The van der Waals surface area contributed by atoms with Gasteiger partial charge in [0.25, 0.3) is 11.8 Å². The number of carbonyl (C=O) groups excluding carboxylic acids is 2. The SMILES string of the molecule is COC1C(CO)OC(n2c3ccccc3c3c4c(c5c6cccc(Cl)c6[nH]c5c32)C(=O)NC4=O)C(O)C1O. The Morgan fingerprint density at radius 1 is 0.974 bits per heavy atom. The normalized spacial score (nSPS) is 25.7. The van der Waals surface area contributed by atoms with E-state index < -0.39 is 49.1 Å². The molecule has 5 aromatic rings. The van der Waals surface area contributed by atoms with E-state index in [-0.39, 0.29) is 11.1 Å². The molecule has 0 aliphatic carbocycles. The van der Waals surface area contributed by atoms with Gasteiger partial charge in [-0.25, -0.2) is 0 Å². The number of aromatic amines is 1. The Bertz CT molecular complexity index is 1820. The van der Waals surface area contributed by atoms with E-state index in [4.69, 9.17) is 21.1 Å². The maximum atomic E-state index is 13.2. The molecule has 0 radical (unpaired) electrons. The van der Waals surface area contributed by atoms with Crippen molar-refractivity contribution >= 4 is 67.0 Å². The number of imide groups is 1. The maximum absolute atomic E-state index is 13.2. The lowest BCUT2D eigenvalue weighted by Gasteiger charge is -2.42. The summed E-state index contributed by atoms with van der Waals surface area (Å²) in [5.41, 5.74) is 2.64. The number of ether oxygens (including phenoxy) is 2. The van der Waals surface area contributed by atoms with Crippen molar-refractivity contribution in [2.45, 2.75) is 30.6 Å². The molecule has 1 fully saturated rings. The molecule has 0 spiro atoms. The van der Waals surface area contributed by atoms with Gasteiger partial charge in [0, 0.05) is 28.7 Å². The zero-order chi connectivity index (χ0) is 26.5. The number of benzene rings is 3. The van der Waals surface area contributed by atoms with Crippen LogP contribution >= 0.6 is 11.6 Å². The van der Waals surface area contributed by atoms with Crippen molar-refractivity contribution in [3.63, 3.8) is 0 Å². The molecular weight excluding hydrogens is 514 g/mol. The summed E-state index contributed by atoms with van der Waals surface area (Å²) in [4.78, 5) is 29.7. The summed E-state index contributed by atoms with van der Waals surface area (Å²) >= 11 is 6.53. The number of amides is 2. The third-order valence-corrected chi connectivity index (χ3v) is 8.04. The third kappa shape index (κ3) is 2.90. The van der Waals surface area contributed by atoms with Crippen molar-refractivity contribution in [3.05, 3.63) is 58.6 Å². The highest BCUT2D eigenvalue weighted by molar-refractivity contribution is 6.41. The molecule has 2 aromatic heterocycles. The molecule has 7 rings (SSSR count). The molecule has 194 valence electrons. The predicted octanol–water partition coefficient (Wildman–Crippen LogP) is 2.59. The van der Waals surface area contributed by atoms with Gasteiger partial charge >= 0.3 is 0 Å². The van der Waals surface area contributed by atoms with Crippen molar-refractivity contribution in [1.29, 1.82) is 0 Å². The van der Waals surface area contributed by atoms with Crippen LogP contribution in [0.4, 0.5) is 0 Å². The number of aliphatic hydroxyl groups excluding tert-OH is 3. The van der Waals surface area contributed by atoms with Gasteiger partial charge in [0.15, 0.2) is 6.23 Å². The molecule has 38 heavy (non-hydrogen) atoms. The first-order valence-electron chi connectivity index (χ1n) is 12.1. The second kappa shape index (κ2) is 8.24. The highest BCUT2D eigenvalue weighted by Gasteiger charge is 2.47. The second-order valence-electron chi connectivity index (χ2n) is 9.61. The molecular formula is C27H22ClN3O7. The van der Waals surface area contributed by atoms with E-state index in [9.17, 15) is 24.9 Å². The monoisotopic (exact) mass is 535 g/mol. The number of aliphatic hydroxyl groups is 3. The van der Waals surface area contributed by atoms with E-state index >= 15 is 0 Å². The van der Waals surface area contributed by atoms with Gasteiger partial charge in [-0.1, -0.05) is 41.9 Å². The Morgan fingerprint density at radius 3 is 2.42 bits per heavy atom. The van der Waals surface area contributed by atoms with Crippen molar-refractivity contribution in [2.75, 3.05) is 13.7 Å². The molecule has 4 heterocycles. The molecule has 2 amide bonds. The molecule has 5 unspecified atom stereocenters. The van der Waals surface area contributed by atoms with Crippen LogP contribution in [0.2, 0.25) is 5.02 Å². The van der Waals surface area contributed by atoms with E-state index in [0.717, 1.165) is 0 Å². The zero-order valence-corrected chi connectivity index (χ0v) is 20.7. The van der Waals surface area contributed by atoms with Gasteiger partial charge in [0.05, 0.1) is 44.8 Å². The number of nitrogens with one attached hydrogen (secondary N) is 2. The van der Waals surface area contributed by atoms with Crippen LogP contribution in [0.5, 0.6) is 0 Å². The number of H-pyrrole nitrogens is 1. The number of methoxy groups -OCH3 is 1. The summed E-state index contributed by atoms with van der Waals surface area (Å²) in [6.07, 6.45) is -5.89. The van der Waals surface area contributed by atoms with Gasteiger partial charge in [-0.3, -0.25) is 14.9 Å². The number of halogens is 1.